The lowest BCUT2D eigenvalue weighted by molar-refractivity contribution is 0.0692. The third-order valence-electron chi connectivity index (χ3n) is 1.63. The van der Waals surface area contributed by atoms with Crippen molar-refractivity contribution >= 4 is 16.2 Å². The highest BCUT2D eigenvalue weighted by atomic mass is 32.3. The summed E-state index contributed by atoms with van der Waals surface area (Å²) >= 11 is 0. The van der Waals surface area contributed by atoms with Gasteiger partial charge in [0.2, 0.25) is 0 Å². The molecule has 0 unspecified atom stereocenters. The van der Waals surface area contributed by atoms with Crippen molar-refractivity contribution in [2.75, 3.05) is 0 Å². The molecule has 76 valence electrons. The van der Waals surface area contributed by atoms with Gasteiger partial charge in [0.25, 0.3) is 0 Å². The van der Waals surface area contributed by atoms with Crippen LogP contribution in [-0.4, -0.2) is 19.5 Å². The summed E-state index contributed by atoms with van der Waals surface area (Å²) in [6, 6.07) is 3.45. The first-order valence-corrected chi connectivity index (χ1v) is 4.99. The normalized spacial score (nSPS) is 11.3. The van der Waals surface area contributed by atoms with Gasteiger partial charge in [0, 0.05) is 0 Å². The fourth-order valence-corrected chi connectivity index (χ4v) is 1.75. The van der Waals surface area contributed by atoms with Crippen molar-refractivity contribution in [3.05, 3.63) is 29.3 Å². The van der Waals surface area contributed by atoms with Crippen molar-refractivity contribution in [1.82, 2.24) is 0 Å². The van der Waals surface area contributed by atoms with Crippen LogP contribution in [0, 0.1) is 6.92 Å². The van der Waals surface area contributed by atoms with Crippen LogP contribution in [0.15, 0.2) is 23.1 Å². The molecule has 1 aromatic rings. The smallest absolute Gasteiger partial charge is 0.337 e. The Morgan fingerprint density at radius 1 is 1.43 bits per heavy atom. The van der Waals surface area contributed by atoms with Crippen LogP contribution in [0.2, 0.25) is 0 Å². The molecule has 4 nitrogen and oxygen atoms in total. The number of aromatic carboxylic acids is 1. The summed E-state index contributed by atoms with van der Waals surface area (Å²) in [7, 11) is -4.98. The van der Waals surface area contributed by atoms with Gasteiger partial charge >= 0.3 is 16.2 Å². The SMILES string of the molecule is Cc1ccc(C(=O)O)c(S(=O)(=O)F)c1. The third-order valence-corrected chi connectivity index (χ3v) is 2.49. The van der Waals surface area contributed by atoms with E-state index in [0.717, 1.165) is 12.1 Å². The van der Waals surface area contributed by atoms with E-state index in [1.54, 1.807) is 6.92 Å². The van der Waals surface area contributed by atoms with E-state index in [1.165, 1.54) is 6.07 Å². The molecular weight excluding hydrogens is 211 g/mol. The van der Waals surface area contributed by atoms with E-state index in [4.69, 9.17) is 5.11 Å². The summed E-state index contributed by atoms with van der Waals surface area (Å²) in [5, 5.41) is 8.59. The zero-order valence-electron chi connectivity index (χ0n) is 7.19. The molecule has 0 spiro atoms. The number of hydrogen-bond donors (Lipinski definition) is 1. The molecule has 0 saturated carbocycles. The van der Waals surface area contributed by atoms with Gasteiger partial charge in [-0.3, -0.25) is 0 Å². The average molecular weight is 218 g/mol. The number of carboxylic acid groups (broad SMARTS) is 1. The minimum atomic E-state index is -4.98. The van der Waals surface area contributed by atoms with Crippen molar-refractivity contribution in [2.24, 2.45) is 0 Å². The molecule has 0 saturated heterocycles. The molecule has 0 atom stereocenters. The summed E-state index contributed by atoms with van der Waals surface area (Å²) in [6.07, 6.45) is 0. The van der Waals surface area contributed by atoms with Gasteiger partial charge in [0.1, 0.15) is 4.90 Å². The molecule has 0 aliphatic heterocycles. The first-order valence-electron chi connectivity index (χ1n) is 3.61. The number of halogens is 1. The fraction of sp³-hybridized carbons (Fsp3) is 0.125. The summed E-state index contributed by atoms with van der Waals surface area (Å²) in [6.45, 7) is 1.54. The molecule has 0 bridgehead atoms. The topological polar surface area (TPSA) is 71.4 Å². The van der Waals surface area contributed by atoms with Gasteiger partial charge in [-0.1, -0.05) is 6.07 Å². The van der Waals surface area contributed by atoms with Crippen molar-refractivity contribution < 1.29 is 22.2 Å². The maximum absolute atomic E-state index is 12.6. The maximum atomic E-state index is 12.6. The highest BCUT2D eigenvalue weighted by Crippen LogP contribution is 2.19. The molecule has 1 rings (SSSR count). The Morgan fingerprint density at radius 2 is 2.00 bits per heavy atom. The lowest BCUT2D eigenvalue weighted by Gasteiger charge is -2.02. The Kier molecular flexibility index (Phi) is 2.57. The van der Waals surface area contributed by atoms with E-state index in [2.05, 4.69) is 0 Å². The number of benzene rings is 1. The van der Waals surface area contributed by atoms with Crippen LogP contribution in [0.3, 0.4) is 0 Å². The van der Waals surface area contributed by atoms with E-state index in [0.29, 0.717) is 5.56 Å². The Labute approximate surface area is 80.2 Å². The molecule has 0 fully saturated rings. The average Bonchev–Trinajstić information content (AvgIpc) is 2.01. The van der Waals surface area contributed by atoms with Crippen LogP contribution < -0.4 is 0 Å². The Balaban J connectivity index is 3.54. The minimum absolute atomic E-state index is 0.478. The number of carboxylic acids is 1. The molecule has 14 heavy (non-hydrogen) atoms. The van der Waals surface area contributed by atoms with Gasteiger partial charge in [-0.2, -0.15) is 8.42 Å². The summed E-state index contributed by atoms with van der Waals surface area (Å²) in [5.74, 6) is -1.47. The second kappa shape index (κ2) is 3.38. The molecule has 0 aromatic heterocycles. The quantitative estimate of drug-likeness (QED) is 0.760. The molecule has 0 aliphatic carbocycles. The first kappa shape index (κ1) is 10.6. The summed E-state index contributed by atoms with van der Waals surface area (Å²) in [5.41, 5.74) is -0.0793. The van der Waals surface area contributed by atoms with E-state index in [1.807, 2.05) is 0 Å². The number of aryl methyl sites for hydroxylation is 1. The number of rotatable bonds is 2. The lowest BCUT2D eigenvalue weighted by Crippen LogP contribution is -2.05. The fourth-order valence-electron chi connectivity index (χ4n) is 1.01. The van der Waals surface area contributed by atoms with Gasteiger partial charge < -0.3 is 5.11 Å². The predicted octanol–water partition coefficient (Wildman–Crippen LogP) is 1.35. The summed E-state index contributed by atoms with van der Waals surface area (Å²) < 4.78 is 33.8. The van der Waals surface area contributed by atoms with E-state index in [9.17, 15) is 17.1 Å². The molecule has 0 radical (unpaired) electrons. The lowest BCUT2D eigenvalue weighted by atomic mass is 10.1. The Morgan fingerprint density at radius 3 is 2.43 bits per heavy atom. The van der Waals surface area contributed by atoms with Crippen molar-refractivity contribution in [1.29, 1.82) is 0 Å². The van der Waals surface area contributed by atoms with Gasteiger partial charge in [0.15, 0.2) is 0 Å². The molecule has 0 aliphatic rings. The van der Waals surface area contributed by atoms with E-state index < -0.39 is 26.7 Å². The molecule has 1 aromatic carbocycles. The predicted molar refractivity (Wildman–Crippen MR) is 46.4 cm³/mol. The highest BCUT2D eigenvalue weighted by Gasteiger charge is 2.21. The van der Waals surface area contributed by atoms with Crippen LogP contribution in [0.4, 0.5) is 3.89 Å². The van der Waals surface area contributed by atoms with Crippen LogP contribution in [-0.2, 0) is 10.2 Å². The van der Waals surface area contributed by atoms with Crippen LogP contribution in [0.5, 0.6) is 0 Å². The molecule has 1 N–H and O–H groups in total. The Hall–Kier alpha value is -1.43. The highest BCUT2D eigenvalue weighted by molar-refractivity contribution is 7.86. The van der Waals surface area contributed by atoms with Crippen molar-refractivity contribution in [3.8, 4) is 0 Å². The molecule has 0 heterocycles. The molecule has 0 amide bonds. The van der Waals surface area contributed by atoms with Crippen LogP contribution >= 0.6 is 0 Å². The third kappa shape index (κ3) is 2.08. The second-order valence-electron chi connectivity index (χ2n) is 2.74. The molecule has 6 heteroatoms. The number of hydrogen-bond acceptors (Lipinski definition) is 3. The standard InChI is InChI=1S/C8H7FO4S/c1-5-2-3-6(8(10)11)7(4-5)14(9,12)13/h2-4H,1H3,(H,10,11). The largest absolute Gasteiger partial charge is 0.478 e. The molecular formula is C8H7FO4S. The monoisotopic (exact) mass is 218 g/mol. The van der Waals surface area contributed by atoms with Crippen molar-refractivity contribution in [3.63, 3.8) is 0 Å². The van der Waals surface area contributed by atoms with Gasteiger partial charge in [0.05, 0.1) is 5.56 Å². The van der Waals surface area contributed by atoms with E-state index in [-0.39, 0.29) is 0 Å². The second-order valence-corrected chi connectivity index (χ2v) is 4.06. The maximum Gasteiger partial charge on any atom is 0.337 e. The Bertz CT molecular complexity index is 478. The van der Waals surface area contributed by atoms with Crippen LogP contribution in [0.25, 0.3) is 0 Å². The minimum Gasteiger partial charge on any atom is -0.478 e. The summed E-state index contributed by atoms with van der Waals surface area (Å²) in [4.78, 5) is 9.75. The van der Waals surface area contributed by atoms with Gasteiger partial charge in [-0.05, 0) is 24.6 Å². The van der Waals surface area contributed by atoms with Crippen LogP contribution in [0.1, 0.15) is 15.9 Å². The van der Waals surface area contributed by atoms with Crippen molar-refractivity contribution in [2.45, 2.75) is 11.8 Å². The van der Waals surface area contributed by atoms with Gasteiger partial charge in [-0.15, -0.1) is 3.89 Å². The van der Waals surface area contributed by atoms with Gasteiger partial charge in [-0.25, -0.2) is 4.79 Å². The zero-order chi connectivity index (χ0) is 10.9. The first-order chi connectivity index (χ1) is 6.32. The zero-order valence-corrected chi connectivity index (χ0v) is 8.01. The number of carbonyl (C=O) groups is 1. The van der Waals surface area contributed by atoms with E-state index >= 15 is 0 Å².